The van der Waals surface area contributed by atoms with Crippen LogP contribution in [0.2, 0.25) is 10.0 Å². The number of H-pyrrole nitrogens is 1. The molecule has 1 aliphatic heterocycles. The molecule has 4 rings (SSSR count). The van der Waals surface area contributed by atoms with Gasteiger partial charge in [0.2, 0.25) is 17.8 Å². The van der Waals surface area contributed by atoms with Crippen molar-refractivity contribution in [2.24, 2.45) is 0 Å². The van der Waals surface area contributed by atoms with Gasteiger partial charge in [-0.2, -0.15) is 4.98 Å². The third kappa shape index (κ3) is 4.55. The van der Waals surface area contributed by atoms with Crippen LogP contribution in [0.15, 0.2) is 47.3 Å². The van der Waals surface area contributed by atoms with Crippen molar-refractivity contribution in [3.8, 4) is 0 Å². The molecular formula is C21H17Cl2N5O3. The number of carbonyl (C=O) groups is 2. The monoisotopic (exact) mass is 457 g/mol. The van der Waals surface area contributed by atoms with Gasteiger partial charge in [0, 0.05) is 17.1 Å². The van der Waals surface area contributed by atoms with Crippen LogP contribution in [0.3, 0.4) is 0 Å². The van der Waals surface area contributed by atoms with Crippen molar-refractivity contribution in [2.45, 2.75) is 19.3 Å². The van der Waals surface area contributed by atoms with Gasteiger partial charge in [-0.15, -0.1) is 0 Å². The van der Waals surface area contributed by atoms with Gasteiger partial charge in [0.1, 0.15) is 5.82 Å². The van der Waals surface area contributed by atoms with Crippen molar-refractivity contribution in [1.82, 2.24) is 9.97 Å². The summed E-state index contributed by atoms with van der Waals surface area (Å²) < 4.78 is 0. The van der Waals surface area contributed by atoms with Crippen LogP contribution in [0.5, 0.6) is 0 Å². The van der Waals surface area contributed by atoms with Crippen molar-refractivity contribution in [1.29, 1.82) is 0 Å². The molecule has 1 aromatic heterocycles. The molecule has 1 atom stereocenters. The molecule has 10 heteroatoms. The van der Waals surface area contributed by atoms with E-state index in [1.165, 1.54) is 0 Å². The molecule has 2 amide bonds. The average molecular weight is 458 g/mol. The second kappa shape index (κ2) is 8.41. The summed E-state index contributed by atoms with van der Waals surface area (Å²) in [6.45, 7) is 1.87. The average Bonchev–Trinajstić information content (AvgIpc) is 2.69. The molecule has 158 valence electrons. The fraction of sp³-hybridized carbons (Fsp3) is 0.143. The molecule has 4 N–H and O–H groups in total. The molecule has 31 heavy (non-hydrogen) atoms. The minimum atomic E-state index is -1.02. The smallest absolute Gasteiger partial charge is 0.258 e. The van der Waals surface area contributed by atoms with E-state index >= 15 is 0 Å². The van der Waals surface area contributed by atoms with Crippen molar-refractivity contribution < 1.29 is 9.59 Å². The number of hydrogen-bond acceptors (Lipinski definition) is 5. The van der Waals surface area contributed by atoms with Gasteiger partial charge < -0.3 is 16.0 Å². The number of anilines is 4. The predicted molar refractivity (Wildman–Crippen MR) is 120 cm³/mol. The molecule has 1 aliphatic rings. The van der Waals surface area contributed by atoms with E-state index in [4.69, 9.17) is 23.2 Å². The number of aromatic amines is 1. The highest BCUT2D eigenvalue weighted by Crippen LogP contribution is 2.31. The summed E-state index contributed by atoms with van der Waals surface area (Å²) in [5.41, 5.74) is 1.47. The zero-order valence-corrected chi connectivity index (χ0v) is 17.8. The predicted octanol–water partition coefficient (Wildman–Crippen LogP) is 4.19. The van der Waals surface area contributed by atoms with Gasteiger partial charge in [-0.1, -0.05) is 35.3 Å². The molecule has 0 aliphatic carbocycles. The maximum atomic E-state index is 12.9. The van der Waals surface area contributed by atoms with Crippen molar-refractivity contribution in [2.75, 3.05) is 16.0 Å². The standard InChI is InChI=1S/C21H17Cl2N5O3/c1-10-5-6-15(14(23)7-10)25-19(30)13-9-16(29)26-18-17(13)20(31)28-21(27-18)24-12-4-2-3-11(22)8-12/h2-8,13H,9H2,1H3,(H,25,30)(H3,24,26,27,28,29,31)/t13-/m0/s1. The number of nitrogens with one attached hydrogen (secondary N) is 4. The van der Waals surface area contributed by atoms with Crippen molar-refractivity contribution >= 4 is 58.2 Å². The summed E-state index contributed by atoms with van der Waals surface area (Å²) in [6, 6.07) is 12.0. The summed E-state index contributed by atoms with van der Waals surface area (Å²) in [5.74, 6) is -1.83. The van der Waals surface area contributed by atoms with Crippen LogP contribution >= 0.6 is 23.2 Å². The second-order valence-electron chi connectivity index (χ2n) is 7.09. The number of halogens is 2. The fourth-order valence-corrected chi connectivity index (χ4v) is 3.77. The van der Waals surface area contributed by atoms with Gasteiger partial charge in [-0.3, -0.25) is 19.4 Å². The number of benzene rings is 2. The number of carbonyl (C=O) groups excluding carboxylic acids is 2. The molecule has 8 nitrogen and oxygen atoms in total. The first-order valence-electron chi connectivity index (χ1n) is 9.34. The Hall–Kier alpha value is -3.36. The van der Waals surface area contributed by atoms with Crippen LogP contribution in [0, 0.1) is 6.92 Å². The van der Waals surface area contributed by atoms with Gasteiger partial charge in [-0.25, -0.2) is 0 Å². The highest BCUT2D eigenvalue weighted by atomic mass is 35.5. The summed E-state index contributed by atoms with van der Waals surface area (Å²) in [6.07, 6.45) is -0.186. The normalized spacial score (nSPS) is 15.1. The first kappa shape index (κ1) is 20.9. The van der Waals surface area contributed by atoms with Crippen molar-refractivity contribution in [3.63, 3.8) is 0 Å². The molecule has 0 radical (unpaired) electrons. The lowest BCUT2D eigenvalue weighted by atomic mass is 9.92. The molecule has 0 spiro atoms. The zero-order valence-electron chi connectivity index (χ0n) is 16.3. The van der Waals surface area contributed by atoms with Crippen LogP contribution in [0.1, 0.15) is 23.5 Å². The van der Waals surface area contributed by atoms with E-state index in [0.717, 1.165) is 5.56 Å². The first-order chi connectivity index (χ1) is 14.8. The molecule has 0 saturated heterocycles. The summed E-state index contributed by atoms with van der Waals surface area (Å²) in [4.78, 5) is 44.8. The maximum Gasteiger partial charge on any atom is 0.258 e. The van der Waals surface area contributed by atoms with Gasteiger partial charge in [0.15, 0.2) is 0 Å². The van der Waals surface area contributed by atoms with E-state index in [9.17, 15) is 14.4 Å². The van der Waals surface area contributed by atoms with E-state index in [1.807, 2.05) is 6.92 Å². The van der Waals surface area contributed by atoms with E-state index in [1.54, 1.807) is 42.5 Å². The van der Waals surface area contributed by atoms with Crippen LogP contribution in [-0.2, 0) is 9.59 Å². The number of amides is 2. The number of aromatic nitrogens is 2. The Bertz CT molecular complexity index is 1260. The highest BCUT2D eigenvalue weighted by molar-refractivity contribution is 6.33. The number of nitrogens with zero attached hydrogens (tertiary/aromatic N) is 1. The quantitative estimate of drug-likeness (QED) is 0.468. The van der Waals surface area contributed by atoms with E-state index in [0.29, 0.717) is 21.4 Å². The Labute approximate surface area is 187 Å². The minimum absolute atomic E-state index is 0.0275. The minimum Gasteiger partial charge on any atom is -0.326 e. The molecule has 0 saturated carbocycles. The third-order valence-corrected chi connectivity index (χ3v) is 5.29. The van der Waals surface area contributed by atoms with Gasteiger partial charge in [0.25, 0.3) is 5.56 Å². The zero-order chi connectivity index (χ0) is 22.1. The molecule has 0 unspecified atom stereocenters. The number of hydrogen-bond donors (Lipinski definition) is 4. The van der Waals surface area contributed by atoms with E-state index in [2.05, 4.69) is 25.9 Å². The second-order valence-corrected chi connectivity index (χ2v) is 7.93. The number of fused-ring (bicyclic) bond motifs is 1. The summed E-state index contributed by atoms with van der Waals surface area (Å²) in [5, 5.41) is 9.05. The van der Waals surface area contributed by atoms with Gasteiger partial charge in [-0.05, 0) is 42.8 Å². The lowest BCUT2D eigenvalue weighted by Gasteiger charge is -2.24. The molecule has 0 bridgehead atoms. The molecule has 2 aromatic carbocycles. The molecule has 3 aromatic rings. The maximum absolute atomic E-state index is 12.9. The summed E-state index contributed by atoms with van der Waals surface area (Å²) in [7, 11) is 0. The number of aryl methyl sites for hydroxylation is 1. The molecule has 0 fully saturated rings. The van der Waals surface area contributed by atoms with Crippen LogP contribution in [0.4, 0.5) is 23.1 Å². The fourth-order valence-electron chi connectivity index (χ4n) is 3.30. The highest BCUT2D eigenvalue weighted by Gasteiger charge is 2.35. The first-order valence-corrected chi connectivity index (χ1v) is 10.1. The lowest BCUT2D eigenvalue weighted by Crippen LogP contribution is -2.36. The van der Waals surface area contributed by atoms with Gasteiger partial charge >= 0.3 is 0 Å². The number of rotatable bonds is 4. The summed E-state index contributed by atoms with van der Waals surface area (Å²) >= 11 is 12.2. The van der Waals surface area contributed by atoms with Crippen LogP contribution < -0.4 is 21.5 Å². The van der Waals surface area contributed by atoms with Crippen molar-refractivity contribution in [3.05, 3.63) is 74.0 Å². The van der Waals surface area contributed by atoms with E-state index in [-0.39, 0.29) is 23.8 Å². The van der Waals surface area contributed by atoms with E-state index < -0.39 is 23.3 Å². The largest absolute Gasteiger partial charge is 0.326 e. The Morgan fingerprint density at radius 3 is 2.71 bits per heavy atom. The Morgan fingerprint density at radius 2 is 1.97 bits per heavy atom. The van der Waals surface area contributed by atoms with Crippen LogP contribution in [-0.4, -0.2) is 21.8 Å². The Kier molecular flexibility index (Phi) is 5.67. The van der Waals surface area contributed by atoms with Crippen LogP contribution in [0.25, 0.3) is 0 Å². The molecule has 2 heterocycles. The molecular weight excluding hydrogens is 441 g/mol. The van der Waals surface area contributed by atoms with Gasteiger partial charge in [0.05, 0.1) is 22.2 Å². The topological polar surface area (TPSA) is 116 Å². The Morgan fingerprint density at radius 1 is 1.16 bits per heavy atom. The lowest BCUT2D eigenvalue weighted by molar-refractivity contribution is -0.123. The Balaban J connectivity index is 1.65. The third-order valence-electron chi connectivity index (χ3n) is 4.74. The SMILES string of the molecule is Cc1ccc(NC(=O)[C@H]2CC(=O)Nc3nc(Nc4cccc(Cl)c4)[nH]c(=O)c32)c(Cl)c1.